The van der Waals surface area contributed by atoms with Gasteiger partial charge in [0.1, 0.15) is 17.8 Å². The molecule has 1 saturated carbocycles. The van der Waals surface area contributed by atoms with Gasteiger partial charge in [-0.15, -0.1) is 10.2 Å². The first kappa shape index (κ1) is 15.6. The molecule has 2 aliphatic rings. The van der Waals surface area contributed by atoms with E-state index in [2.05, 4.69) is 35.6 Å². The zero-order valence-corrected chi connectivity index (χ0v) is 14.7. The SMILES string of the molecule is O=[N+]([O-])c1cc(Br)ccc1N1CCCC(c2nncn2C2CC2)C1. The average Bonchev–Trinajstić information content (AvgIpc) is 3.31. The Morgan fingerprint density at radius 2 is 2.12 bits per heavy atom. The topological polar surface area (TPSA) is 77.1 Å². The maximum atomic E-state index is 11.4. The van der Waals surface area contributed by atoms with Crippen molar-refractivity contribution in [2.75, 3.05) is 18.0 Å². The molecular weight excluding hydrogens is 374 g/mol. The number of rotatable bonds is 4. The molecule has 0 amide bonds. The lowest BCUT2D eigenvalue weighted by atomic mass is 9.96. The van der Waals surface area contributed by atoms with Crippen molar-refractivity contribution in [3.05, 3.63) is 44.9 Å². The average molecular weight is 392 g/mol. The van der Waals surface area contributed by atoms with Gasteiger partial charge in [0.15, 0.2) is 0 Å². The summed E-state index contributed by atoms with van der Waals surface area (Å²) in [5.41, 5.74) is 0.832. The number of nitro benzene ring substituents is 1. The fourth-order valence-corrected chi connectivity index (χ4v) is 3.84. The molecule has 126 valence electrons. The lowest BCUT2D eigenvalue weighted by molar-refractivity contribution is -0.384. The molecule has 4 rings (SSSR count). The van der Waals surface area contributed by atoms with Crippen LogP contribution in [0.15, 0.2) is 29.0 Å². The van der Waals surface area contributed by atoms with Crippen LogP contribution in [-0.4, -0.2) is 32.8 Å². The normalized spacial score (nSPS) is 21.0. The molecule has 2 aromatic rings. The fraction of sp³-hybridized carbons (Fsp3) is 0.500. The summed E-state index contributed by atoms with van der Waals surface area (Å²) < 4.78 is 2.92. The first-order chi connectivity index (χ1) is 11.6. The molecule has 0 radical (unpaired) electrons. The highest BCUT2D eigenvalue weighted by molar-refractivity contribution is 9.10. The summed E-state index contributed by atoms with van der Waals surface area (Å²) >= 11 is 3.32. The molecule has 1 aliphatic carbocycles. The molecule has 1 unspecified atom stereocenters. The van der Waals surface area contributed by atoms with Crippen LogP contribution in [0.5, 0.6) is 0 Å². The summed E-state index contributed by atoms with van der Waals surface area (Å²) in [5, 5.41) is 19.8. The Kier molecular flexibility index (Phi) is 3.99. The molecule has 8 heteroatoms. The number of aromatic nitrogens is 3. The predicted molar refractivity (Wildman–Crippen MR) is 93.3 cm³/mol. The van der Waals surface area contributed by atoms with E-state index in [0.29, 0.717) is 11.7 Å². The van der Waals surface area contributed by atoms with Crippen molar-refractivity contribution in [3.63, 3.8) is 0 Å². The van der Waals surface area contributed by atoms with E-state index in [1.807, 2.05) is 18.5 Å². The molecule has 1 aromatic heterocycles. The highest BCUT2D eigenvalue weighted by Crippen LogP contribution is 2.39. The van der Waals surface area contributed by atoms with Crippen LogP contribution in [0, 0.1) is 10.1 Å². The smallest absolute Gasteiger partial charge is 0.293 e. The van der Waals surface area contributed by atoms with E-state index >= 15 is 0 Å². The molecule has 1 saturated heterocycles. The first-order valence-electron chi connectivity index (χ1n) is 8.22. The molecule has 0 bridgehead atoms. The lowest BCUT2D eigenvalue weighted by Crippen LogP contribution is -2.35. The monoisotopic (exact) mass is 391 g/mol. The second-order valence-electron chi connectivity index (χ2n) is 6.50. The molecule has 0 N–H and O–H groups in total. The van der Waals surface area contributed by atoms with Crippen molar-refractivity contribution < 1.29 is 4.92 Å². The van der Waals surface area contributed by atoms with Gasteiger partial charge >= 0.3 is 0 Å². The third-order valence-corrected chi connectivity index (χ3v) is 5.30. The van der Waals surface area contributed by atoms with E-state index in [1.54, 1.807) is 6.07 Å². The first-order valence-corrected chi connectivity index (χ1v) is 9.01. The lowest BCUT2D eigenvalue weighted by Gasteiger charge is -2.33. The van der Waals surface area contributed by atoms with Gasteiger partial charge in [-0.25, -0.2) is 0 Å². The number of benzene rings is 1. The van der Waals surface area contributed by atoms with Crippen LogP contribution in [0.3, 0.4) is 0 Å². The Morgan fingerprint density at radius 3 is 2.88 bits per heavy atom. The molecule has 1 atom stereocenters. The summed E-state index contributed by atoms with van der Waals surface area (Å²) in [4.78, 5) is 13.2. The maximum Gasteiger partial charge on any atom is 0.293 e. The van der Waals surface area contributed by atoms with Gasteiger partial charge in [0, 0.05) is 35.6 Å². The van der Waals surface area contributed by atoms with Crippen molar-refractivity contribution >= 4 is 27.3 Å². The third kappa shape index (κ3) is 2.90. The Morgan fingerprint density at radius 1 is 1.29 bits per heavy atom. The number of nitro groups is 1. The minimum atomic E-state index is -0.309. The van der Waals surface area contributed by atoms with Gasteiger partial charge < -0.3 is 9.47 Å². The van der Waals surface area contributed by atoms with E-state index in [0.717, 1.165) is 36.2 Å². The Hall–Kier alpha value is -1.96. The van der Waals surface area contributed by atoms with Crippen LogP contribution in [0.25, 0.3) is 0 Å². The number of halogens is 1. The Balaban J connectivity index is 1.61. The quantitative estimate of drug-likeness (QED) is 0.586. The fourth-order valence-electron chi connectivity index (χ4n) is 3.49. The van der Waals surface area contributed by atoms with Gasteiger partial charge in [-0.2, -0.15) is 0 Å². The molecule has 24 heavy (non-hydrogen) atoms. The number of hydrogen-bond acceptors (Lipinski definition) is 5. The van der Waals surface area contributed by atoms with Crippen molar-refractivity contribution in [1.29, 1.82) is 0 Å². The van der Waals surface area contributed by atoms with E-state index in [9.17, 15) is 10.1 Å². The van der Waals surface area contributed by atoms with Crippen LogP contribution < -0.4 is 4.90 Å². The zero-order valence-electron chi connectivity index (χ0n) is 13.1. The van der Waals surface area contributed by atoms with Crippen molar-refractivity contribution in [3.8, 4) is 0 Å². The largest absolute Gasteiger partial charge is 0.365 e. The molecule has 2 fully saturated rings. The molecular formula is C16H18BrN5O2. The zero-order chi connectivity index (χ0) is 16.7. The Labute approximate surface area is 148 Å². The minimum Gasteiger partial charge on any atom is -0.365 e. The highest BCUT2D eigenvalue weighted by atomic mass is 79.9. The summed E-state index contributed by atoms with van der Waals surface area (Å²) in [5.74, 6) is 1.30. The van der Waals surface area contributed by atoms with Gasteiger partial charge in [-0.05, 0) is 37.8 Å². The van der Waals surface area contributed by atoms with Crippen LogP contribution in [0.1, 0.15) is 43.5 Å². The summed E-state index contributed by atoms with van der Waals surface area (Å²) in [6.07, 6.45) is 6.26. The van der Waals surface area contributed by atoms with Gasteiger partial charge in [-0.3, -0.25) is 10.1 Å². The second kappa shape index (κ2) is 6.16. The molecule has 1 aliphatic heterocycles. The van der Waals surface area contributed by atoms with E-state index in [4.69, 9.17) is 0 Å². The van der Waals surface area contributed by atoms with Gasteiger partial charge in [-0.1, -0.05) is 15.9 Å². The summed E-state index contributed by atoms with van der Waals surface area (Å²) in [7, 11) is 0. The highest BCUT2D eigenvalue weighted by Gasteiger charge is 2.32. The number of piperidine rings is 1. The van der Waals surface area contributed by atoms with Crippen LogP contribution in [0.2, 0.25) is 0 Å². The third-order valence-electron chi connectivity index (χ3n) is 4.80. The summed E-state index contributed by atoms with van der Waals surface area (Å²) in [6.45, 7) is 1.57. The number of hydrogen-bond donors (Lipinski definition) is 0. The van der Waals surface area contributed by atoms with Gasteiger partial charge in [0.25, 0.3) is 5.69 Å². The standard InChI is InChI=1S/C16H18BrN5O2/c17-12-3-6-14(15(8-12)22(23)24)20-7-1-2-11(9-20)16-19-18-10-21(16)13-4-5-13/h3,6,8,10-11,13H,1-2,4-5,7,9H2. The molecule has 1 aromatic carbocycles. The second-order valence-corrected chi connectivity index (χ2v) is 7.42. The van der Waals surface area contributed by atoms with Gasteiger partial charge in [0.2, 0.25) is 0 Å². The number of nitrogens with zero attached hydrogens (tertiary/aromatic N) is 5. The van der Waals surface area contributed by atoms with Gasteiger partial charge in [0.05, 0.1) is 4.92 Å². The van der Waals surface area contributed by atoms with E-state index < -0.39 is 0 Å². The predicted octanol–water partition coefficient (Wildman–Crippen LogP) is 3.67. The van der Waals surface area contributed by atoms with Crippen molar-refractivity contribution in [1.82, 2.24) is 14.8 Å². The van der Waals surface area contributed by atoms with E-state index in [1.165, 1.54) is 12.8 Å². The van der Waals surface area contributed by atoms with Crippen LogP contribution >= 0.6 is 15.9 Å². The van der Waals surface area contributed by atoms with Crippen LogP contribution in [-0.2, 0) is 0 Å². The van der Waals surface area contributed by atoms with E-state index in [-0.39, 0.29) is 16.5 Å². The van der Waals surface area contributed by atoms with Crippen LogP contribution in [0.4, 0.5) is 11.4 Å². The van der Waals surface area contributed by atoms with Crippen molar-refractivity contribution in [2.45, 2.75) is 37.6 Å². The molecule has 7 nitrogen and oxygen atoms in total. The minimum absolute atomic E-state index is 0.147. The Bertz CT molecular complexity index is 774. The maximum absolute atomic E-state index is 11.4. The number of anilines is 1. The summed E-state index contributed by atoms with van der Waals surface area (Å²) in [6, 6.07) is 5.81. The van der Waals surface area contributed by atoms with Crippen molar-refractivity contribution in [2.24, 2.45) is 0 Å². The molecule has 2 heterocycles. The molecule has 0 spiro atoms.